The monoisotopic (exact) mass is 381 g/mol. The number of ether oxygens (including phenoxy) is 2. The van der Waals surface area contributed by atoms with E-state index in [1.54, 1.807) is 0 Å². The molecule has 1 aromatic carbocycles. The van der Waals surface area contributed by atoms with Crippen LogP contribution in [0.3, 0.4) is 0 Å². The van der Waals surface area contributed by atoms with Crippen LogP contribution >= 0.6 is 0 Å². The fraction of sp³-hybridized carbons (Fsp3) is 0.444. The maximum atomic E-state index is 13.5. The SMILES string of the molecule is O=C(NCCCN1CCOCC1)c1cc(COc2ccc(F)cc2F)on1. The third kappa shape index (κ3) is 5.73. The van der Waals surface area contributed by atoms with Gasteiger partial charge in [0.15, 0.2) is 23.0 Å². The highest BCUT2D eigenvalue weighted by molar-refractivity contribution is 5.92. The first kappa shape index (κ1) is 19.2. The van der Waals surface area contributed by atoms with E-state index >= 15 is 0 Å². The van der Waals surface area contributed by atoms with E-state index in [-0.39, 0.29) is 29.7 Å². The van der Waals surface area contributed by atoms with Gasteiger partial charge in [0.1, 0.15) is 12.4 Å². The molecule has 7 nitrogen and oxygen atoms in total. The van der Waals surface area contributed by atoms with E-state index < -0.39 is 11.6 Å². The Bertz CT molecular complexity index is 763. The summed E-state index contributed by atoms with van der Waals surface area (Å²) in [6.45, 7) is 4.61. The van der Waals surface area contributed by atoms with Crippen molar-refractivity contribution in [2.75, 3.05) is 39.4 Å². The smallest absolute Gasteiger partial charge is 0.273 e. The lowest BCUT2D eigenvalue weighted by Crippen LogP contribution is -2.38. The Morgan fingerprint density at radius 3 is 2.85 bits per heavy atom. The van der Waals surface area contributed by atoms with Gasteiger partial charge >= 0.3 is 0 Å². The van der Waals surface area contributed by atoms with Gasteiger partial charge in [-0.1, -0.05) is 5.16 Å². The van der Waals surface area contributed by atoms with E-state index in [4.69, 9.17) is 14.0 Å². The molecule has 3 rings (SSSR count). The molecule has 0 bridgehead atoms. The molecule has 27 heavy (non-hydrogen) atoms. The Hall–Kier alpha value is -2.52. The van der Waals surface area contributed by atoms with Crippen molar-refractivity contribution < 1.29 is 27.6 Å². The third-order valence-electron chi connectivity index (χ3n) is 4.10. The average Bonchev–Trinajstić information content (AvgIpc) is 3.14. The maximum Gasteiger partial charge on any atom is 0.273 e. The van der Waals surface area contributed by atoms with Crippen LogP contribution in [0.2, 0.25) is 0 Å². The predicted molar refractivity (Wildman–Crippen MR) is 91.4 cm³/mol. The van der Waals surface area contributed by atoms with Crippen LogP contribution in [0.4, 0.5) is 8.78 Å². The van der Waals surface area contributed by atoms with Gasteiger partial charge in [-0.3, -0.25) is 9.69 Å². The summed E-state index contributed by atoms with van der Waals surface area (Å²) >= 11 is 0. The van der Waals surface area contributed by atoms with Gasteiger partial charge in [0.25, 0.3) is 5.91 Å². The van der Waals surface area contributed by atoms with Gasteiger partial charge in [-0.2, -0.15) is 0 Å². The van der Waals surface area contributed by atoms with Crippen molar-refractivity contribution in [1.82, 2.24) is 15.4 Å². The minimum atomic E-state index is -0.812. The largest absolute Gasteiger partial charge is 0.482 e. The summed E-state index contributed by atoms with van der Waals surface area (Å²) in [5.41, 5.74) is 0.125. The Balaban J connectivity index is 1.40. The summed E-state index contributed by atoms with van der Waals surface area (Å²) in [6, 6.07) is 4.43. The fourth-order valence-electron chi connectivity index (χ4n) is 2.65. The first-order chi connectivity index (χ1) is 13.1. The first-order valence-electron chi connectivity index (χ1n) is 8.73. The number of nitrogens with zero attached hydrogens (tertiary/aromatic N) is 2. The number of carbonyl (C=O) groups excluding carboxylic acids is 1. The number of amides is 1. The molecule has 0 saturated carbocycles. The standard InChI is InChI=1S/C18H21F2N3O4/c19-13-2-3-17(15(20)10-13)26-12-14-11-16(22-27-14)18(24)21-4-1-5-23-6-8-25-9-7-23/h2-3,10-11H,1,4-9,12H2,(H,21,24). The number of nitrogens with one attached hydrogen (secondary N) is 1. The van der Waals surface area contributed by atoms with Crippen molar-refractivity contribution >= 4 is 5.91 Å². The van der Waals surface area contributed by atoms with E-state index in [1.165, 1.54) is 12.1 Å². The van der Waals surface area contributed by atoms with Gasteiger partial charge in [0, 0.05) is 31.8 Å². The zero-order chi connectivity index (χ0) is 19.1. The number of morpholine rings is 1. The second kappa shape index (κ2) is 9.43. The molecule has 0 radical (unpaired) electrons. The molecular weight excluding hydrogens is 360 g/mol. The first-order valence-corrected chi connectivity index (χ1v) is 8.73. The van der Waals surface area contributed by atoms with E-state index in [9.17, 15) is 13.6 Å². The molecule has 0 spiro atoms. The number of hydrogen-bond donors (Lipinski definition) is 1. The number of aromatic nitrogens is 1. The number of halogens is 2. The lowest BCUT2D eigenvalue weighted by Gasteiger charge is -2.26. The number of rotatable bonds is 8. The zero-order valence-corrected chi connectivity index (χ0v) is 14.7. The van der Waals surface area contributed by atoms with Crippen molar-refractivity contribution in [3.05, 3.63) is 47.4 Å². The normalized spacial score (nSPS) is 14.9. The van der Waals surface area contributed by atoms with E-state index in [1.807, 2.05) is 0 Å². The molecule has 1 aliphatic rings. The molecule has 1 aromatic heterocycles. The van der Waals surface area contributed by atoms with Crippen molar-refractivity contribution in [2.24, 2.45) is 0 Å². The molecule has 0 atom stereocenters. The molecule has 1 fully saturated rings. The molecule has 2 aromatic rings. The van der Waals surface area contributed by atoms with Crippen LogP contribution < -0.4 is 10.1 Å². The zero-order valence-electron chi connectivity index (χ0n) is 14.7. The van der Waals surface area contributed by atoms with Crippen molar-refractivity contribution in [2.45, 2.75) is 13.0 Å². The molecule has 0 aliphatic carbocycles. The topological polar surface area (TPSA) is 76.8 Å². The average molecular weight is 381 g/mol. The van der Waals surface area contributed by atoms with Crippen LogP contribution in [0, 0.1) is 11.6 Å². The van der Waals surface area contributed by atoms with Crippen LogP contribution in [0.5, 0.6) is 5.75 Å². The molecule has 1 N–H and O–H groups in total. The fourth-order valence-corrected chi connectivity index (χ4v) is 2.65. The molecule has 0 unspecified atom stereocenters. The van der Waals surface area contributed by atoms with E-state index in [0.29, 0.717) is 6.54 Å². The lowest BCUT2D eigenvalue weighted by molar-refractivity contribution is 0.0374. The predicted octanol–water partition coefficient (Wildman–Crippen LogP) is 1.98. The molecule has 146 valence electrons. The molecule has 2 heterocycles. The highest BCUT2D eigenvalue weighted by Crippen LogP contribution is 2.19. The van der Waals surface area contributed by atoms with Gasteiger partial charge in [0.2, 0.25) is 0 Å². The van der Waals surface area contributed by atoms with Crippen LogP contribution in [-0.4, -0.2) is 55.4 Å². The van der Waals surface area contributed by atoms with Gasteiger partial charge in [0.05, 0.1) is 13.2 Å². The van der Waals surface area contributed by atoms with Gasteiger partial charge in [-0.05, 0) is 25.1 Å². The maximum absolute atomic E-state index is 13.5. The minimum absolute atomic E-state index is 0.109. The Morgan fingerprint density at radius 1 is 1.26 bits per heavy atom. The number of benzene rings is 1. The summed E-state index contributed by atoms with van der Waals surface area (Å²) in [6.07, 6.45) is 0.823. The van der Waals surface area contributed by atoms with Crippen LogP contribution in [0.25, 0.3) is 0 Å². The molecular formula is C18H21F2N3O4. The lowest BCUT2D eigenvalue weighted by atomic mass is 10.3. The van der Waals surface area contributed by atoms with Crippen molar-refractivity contribution in [1.29, 1.82) is 0 Å². The molecule has 1 aliphatic heterocycles. The summed E-state index contributed by atoms with van der Waals surface area (Å²) in [5.74, 6) is -1.70. The van der Waals surface area contributed by atoms with Crippen LogP contribution in [0.1, 0.15) is 22.7 Å². The second-order valence-electron chi connectivity index (χ2n) is 6.11. The Morgan fingerprint density at radius 2 is 2.07 bits per heavy atom. The number of carbonyl (C=O) groups is 1. The van der Waals surface area contributed by atoms with Gasteiger partial charge in [-0.25, -0.2) is 8.78 Å². The third-order valence-corrected chi connectivity index (χ3v) is 4.10. The van der Waals surface area contributed by atoms with E-state index in [2.05, 4.69) is 15.4 Å². The van der Waals surface area contributed by atoms with Gasteiger partial charge < -0.3 is 19.3 Å². The minimum Gasteiger partial charge on any atom is -0.482 e. The second-order valence-corrected chi connectivity index (χ2v) is 6.11. The summed E-state index contributed by atoms with van der Waals surface area (Å²) in [5, 5.41) is 6.46. The highest BCUT2D eigenvalue weighted by Gasteiger charge is 2.14. The van der Waals surface area contributed by atoms with Crippen molar-refractivity contribution in [3.63, 3.8) is 0 Å². The van der Waals surface area contributed by atoms with Crippen LogP contribution in [0.15, 0.2) is 28.8 Å². The van der Waals surface area contributed by atoms with Gasteiger partial charge in [-0.15, -0.1) is 0 Å². The quantitative estimate of drug-likeness (QED) is 0.705. The molecule has 1 saturated heterocycles. The summed E-state index contributed by atoms with van der Waals surface area (Å²) in [7, 11) is 0. The Kier molecular flexibility index (Phi) is 6.72. The Labute approximate surface area is 155 Å². The molecule has 1 amide bonds. The van der Waals surface area contributed by atoms with E-state index in [0.717, 1.165) is 51.4 Å². The number of hydrogen-bond acceptors (Lipinski definition) is 6. The summed E-state index contributed by atoms with van der Waals surface area (Å²) < 4.78 is 41.9. The highest BCUT2D eigenvalue weighted by atomic mass is 19.1. The summed E-state index contributed by atoms with van der Waals surface area (Å²) in [4.78, 5) is 14.4. The van der Waals surface area contributed by atoms with Crippen molar-refractivity contribution in [3.8, 4) is 5.75 Å². The molecule has 9 heteroatoms. The van der Waals surface area contributed by atoms with Crippen LogP contribution in [-0.2, 0) is 11.3 Å².